The maximum atomic E-state index is 10.9. The van der Waals surface area contributed by atoms with E-state index >= 15 is 0 Å². The van der Waals surface area contributed by atoms with Crippen molar-refractivity contribution in [2.24, 2.45) is 0 Å². The molecule has 2 heterocycles. The minimum Gasteiger partial charge on any atom is -0.512 e. The molecule has 0 aliphatic heterocycles. The summed E-state index contributed by atoms with van der Waals surface area (Å²) < 4.78 is 11.0. The number of aromatic nitrogens is 3. The van der Waals surface area contributed by atoms with E-state index in [4.69, 9.17) is 17.0 Å². The van der Waals surface area contributed by atoms with Crippen molar-refractivity contribution < 1.29 is 14.3 Å². The Morgan fingerprint density at radius 1 is 1.26 bits per heavy atom. The lowest BCUT2D eigenvalue weighted by Gasteiger charge is -2.07. The molecule has 144 valence electrons. The van der Waals surface area contributed by atoms with E-state index in [0.29, 0.717) is 12.4 Å². The van der Waals surface area contributed by atoms with Crippen molar-refractivity contribution in [1.82, 2.24) is 14.8 Å². The highest BCUT2D eigenvalue weighted by Crippen LogP contribution is 2.17. The first kappa shape index (κ1) is 21.7. The number of hydrogen-bond acceptors (Lipinski definition) is 6. The largest absolute Gasteiger partial charge is 0.512 e. The molecule has 0 saturated carbocycles. The van der Waals surface area contributed by atoms with Crippen LogP contribution in [0.15, 0.2) is 30.3 Å². The molecule has 8 nitrogen and oxygen atoms in total. The molecule has 0 amide bonds. The number of ether oxygens (including phenoxy) is 2. The molecule has 2 N–H and O–H groups in total. The van der Waals surface area contributed by atoms with Gasteiger partial charge in [0.05, 0.1) is 32.2 Å². The van der Waals surface area contributed by atoms with E-state index in [-0.39, 0.29) is 12.3 Å². The molecular weight excluding hydrogens is 346 g/mol. The molecule has 27 heavy (non-hydrogen) atoms. The second kappa shape index (κ2) is 10.6. The van der Waals surface area contributed by atoms with Crippen molar-refractivity contribution in [2.75, 3.05) is 18.9 Å². The Hall–Kier alpha value is -3.34. The van der Waals surface area contributed by atoms with Gasteiger partial charge in [0.15, 0.2) is 5.82 Å². The summed E-state index contributed by atoms with van der Waals surface area (Å²) in [6.07, 6.45) is 2.86. The number of nitrogens with two attached hydrogens (primary N) is 1. The predicted octanol–water partition coefficient (Wildman–Crippen LogP) is 3.12. The van der Waals surface area contributed by atoms with Crippen LogP contribution in [-0.4, -0.2) is 33.9 Å². The zero-order valence-electron chi connectivity index (χ0n) is 16.3. The van der Waals surface area contributed by atoms with E-state index < -0.39 is 5.97 Å². The van der Waals surface area contributed by atoms with E-state index in [2.05, 4.69) is 19.7 Å². The Labute approximate surface area is 159 Å². The van der Waals surface area contributed by atoms with Crippen LogP contribution < -0.4 is 5.73 Å². The van der Waals surface area contributed by atoms with Crippen molar-refractivity contribution in [2.45, 2.75) is 34.6 Å². The third-order valence-corrected chi connectivity index (χ3v) is 3.38. The summed E-state index contributed by atoms with van der Waals surface area (Å²) in [5.41, 5.74) is 8.78. The Kier molecular flexibility index (Phi) is 8.53. The molecule has 0 aliphatic carbocycles. The number of anilines is 1. The maximum Gasteiger partial charge on any atom is 0.339 e. The first-order chi connectivity index (χ1) is 12.8. The first-order valence-electron chi connectivity index (χ1n) is 8.46. The zero-order valence-corrected chi connectivity index (χ0v) is 16.3. The highest BCUT2D eigenvalue weighted by atomic mass is 16.5. The van der Waals surface area contributed by atoms with Crippen LogP contribution in [0.4, 0.5) is 5.82 Å². The summed E-state index contributed by atoms with van der Waals surface area (Å²) in [5, 5.41) is 4.22. The summed E-state index contributed by atoms with van der Waals surface area (Å²) in [6, 6.07) is 4.00. The smallest absolute Gasteiger partial charge is 0.339 e. The number of carbonyl (C=O) groups is 1. The summed E-state index contributed by atoms with van der Waals surface area (Å²) in [5.74, 6) is 0.817. The van der Waals surface area contributed by atoms with E-state index in [9.17, 15) is 4.79 Å². The lowest BCUT2D eigenvalue weighted by atomic mass is 10.2. The second-order valence-corrected chi connectivity index (χ2v) is 5.51. The number of esters is 1. The van der Waals surface area contributed by atoms with Crippen molar-refractivity contribution in [3.8, 4) is 5.82 Å². The van der Waals surface area contributed by atoms with Gasteiger partial charge in [0.1, 0.15) is 5.82 Å². The molecule has 2 rings (SSSR count). The lowest BCUT2D eigenvalue weighted by Crippen LogP contribution is -2.07. The average Bonchev–Trinajstić information content (AvgIpc) is 2.97. The maximum absolute atomic E-state index is 10.9. The van der Waals surface area contributed by atoms with Gasteiger partial charge in [-0.25, -0.2) is 9.83 Å². The van der Waals surface area contributed by atoms with Crippen LogP contribution in [0.1, 0.15) is 30.7 Å². The van der Waals surface area contributed by atoms with E-state index in [1.54, 1.807) is 24.7 Å². The molecule has 0 radical (unpaired) electrons. The molecule has 2 aromatic rings. The SMILES string of the molecule is Cc1ccc(C)c(-n2ncc(C)c2N)n1.[C-]#[N+]C(=COCC)C(=O)OCC. The third kappa shape index (κ3) is 6.15. The molecule has 0 spiro atoms. The topological polar surface area (TPSA) is 96.6 Å². The number of hydrogen-bond donors (Lipinski definition) is 1. The molecule has 0 bridgehead atoms. The van der Waals surface area contributed by atoms with Crippen LogP contribution in [0.2, 0.25) is 0 Å². The predicted molar refractivity (Wildman–Crippen MR) is 103 cm³/mol. The number of carbonyl (C=O) groups excluding carboxylic acids is 1. The molecule has 2 aromatic heterocycles. The molecule has 0 atom stereocenters. The number of nitrogen functional groups attached to an aromatic ring is 1. The van der Waals surface area contributed by atoms with Crippen LogP contribution in [-0.2, 0) is 14.3 Å². The van der Waals surface area contributed by atoms with Crippen molar-refractivity contribution >= 4 is 11.8 Å². The number of rotatable bonds is 5. The summed E-state index contributed by atoms with van der Waals surface area (Å²) in [4.78, 5) is 18.3. The molecule has 0 unspecified atom stereocenters. The van der Waals surface area contributed by atoms with E-state index in [0.717, 1.165) is 28.9 Å². The average molecular weight is 371 g/mol. The molecule has 0 aliphatic rings. The first-order valence-corrected chi connectivity index (χ1v) is 8.46. The van der Waals surface area contributed by atoms with Crippen LogP contribution >= 0.6 is 0 Å². The monoisotopic (exact) mass is 371 g/mol. The Morgan fingerprint density at radius 3 is 2.48 bits per heavy atom. The van der Waals surface area contributed by atoms with Crippen molar-refractivity contribution in [1.29, 1.82) is 0 Å². The second-order valence-electron chi connectivity index (χ2n) is 5.51. The fourth-order valence-electron chi connectivity index (χ4n) is 1.92. The molecule has 0 saturated heterocycles. The van der Waals surface area contributed by atoms with Crippen LogP contribution in [0.3, 0.4) is 0 Å². The van der Waals surface area contributed by atoms with Gasteiger partial charge in [0, 0.05) is 11.3 Å². The Morgan fingerprint density at radius 2 is 1.96 bits per heavy atom. The van der Waals surface area contributed by atoms with Gasteiger partial charge in [-0.3, -0.25) is 4.79 Å². The van der Waals surface area contributed by atoms with E-state index in [1.165, 1.54) is 0 Å². The van der Waals surface area contributed by atoms with Gasteiger partial charge in [-0.1, -0.05) is 6.07 Å². The highest BCUT2D eigenvalue weighted by Gasteiger charge is 2.10. The summed E-state index contributed by atoms with van der Waals surface area (Å²) in [6.45, 7) is 16.6. The van der Waals surface area contributed by atoms with Gasteiger partial charge in [-0.15, -0.1) is 0 Å². The lowest BCUT2D eigenvalue weighted by molar-refractivity contribution is -0.138. The van der Waals surface area contributed by atoms with Crippen molar-refractivity contribution in [3.05, 3.63) is 58.5 Å². The fourth-order valence-corrected chi connectivity index (χ4v) is 1.92. The number of aryl methyl sites for hydroxylation is 3. The van der Waals surface area contributed by atoms with Crippen LogP contribution in [0.25, 0.3) is 10.7 Å². The van der Waals surface area contributed by atoms with Crippen LogP contribution in [0.5, 0.6) is 0 Å². The molecule has 8 heteroatoms. The fraction of sp³-hybridized carbons (Fsp3) is 0.368. The molecule has 0 aromatic carbocycles. The van der Waals surface area contributed by atoms with Crippen LogP contribution in [0, 0.1) is 27.3 Å². The van der Waals surface area contributed by atoms with E-state index in [1.807, 2.05) is 32.9 Å². The highest BCUT2D eigenvalue weighted by molar-refractivity contribution is 5.90. The normalized spacial score (nSPS) is 10.4. The standard InChI is InChI=1S/C11H14N4.C8H11NO3/c1-7-4-5-9(3)14-11(7)15-10(12)8(2)6-13-15;1-4-11-6-7(9-3)8(10)12-5-2/h4-6H,12H2,1-3H3;6H,4-5H2,1-2H3. The van der Waals surface area contributed by atoms with Gasteiger partial charge in [-0.2, -0.15) is 9.78 Å². The third-order valence-electron chi connectivity index (χ3n) is 3.38. The van der Waals surface area contributed by atoms with Gasteiger partial charge in [0.2, 0.25) is 0 Å². The van der Waals surface area contributed by atoms with Gasteiger partial charge >= 0.3 is 11.7 Å². The van der Waals surface area contributed by atoms with Gasteiger partial charge in [0.25, 0.3) is 0 Å². The minimum atomic E-state index is -0.638. The van der Waals surface area contributed by atoms with Gasteiger partial charge in [-0.05, 0) is 46.2 Å². The zero-order chi connectivity index (χ0) is 20.4. The minimum absolute atomic E-state index is 0.126. The summed E-state index contributed by atoms with van der Waals surface area (Å²) in [7, 11) is 0. The van der Waals surface area contributed by atoms with Crippen molar-refractivity contribution in [3.63, 3.8) is 0 Å². The Balaban J connectivity index is 0.000000279. The molecule has 0 fully saturated rings. The quantitative estimate of drug-likeness (QED) is 0.375. The van der Waals surface area contributed by atoms with Gasteiger partial charge < -0.3 is 15.2 Å². The molecular formula is C19H25N5O3. The summed E-state index contributed by atoms with van der Waals surface area (Å²) >= 11 is 0. The Bertz CT molecular complexity index is 850. The number of nitrogens with zero attached hydrogens (tertiary/aromatic N) is 4. The number of pyridine rings is 1.